The highest BCUT2D eigenvalue weighted by Gasteiger charge is 2.14. The summed E-state index contributed by atoms with van der Waals surface area (Å²) in [6.07, 6.45) is 3.11. The van der Waals surface area contributed by atoms with Crippen molar-refractivity contribution in [3.8, 4) is 11.5 Å². The van der Waals surface area contributed by atoms with Crippen LogP contribution in [0.5, 0.6) is 11.5 Å². The number of nitrogens with one attached hydrogen (secondary N) is 2. The van der Waals surface area contributed by atoms with Crippen LogP contribution in [0.15, 0.2) is 42.7 Å². The predicted octanol–water partition coefficient (Wildman–Crippen LogP) is 1.13. The first kappa shape index (κ1) is 15.8. The van der Waals surface area contributed by atoms with Gasteiger partial charge in [-0.25, -0.2) is 0 Å². The molecule has 124 valence electrons. The normalized spacial score (nSPS) is 11.8. The van der Waals surface area contributed by atoms with Gasteiger partial charge < -0.3 is 20.1 Å². The van der Waals surface area contributed by atoms with E-state index >= 15 is 0 Å². The molecule has 0 unspecified atom stereocenters. The quantitative estimate of drug-likeness (QED) is 0.777. The number of hydrogen-bond donors (Lipinski definition) is 2. The first-order valence-electron chi connectivity index (χ1n) is 7.51. The van der Waals surface area contributed by atoms with Crippen molar-refractivity contribution in [3.05, 3.63) is 53.9 Å². The second-order valence-corrected chi connectivity index (χ2v) is 5.28. The topological polar surface area (TPSA) is 89.6 Å². The van der Waals surface area contributed by atoms with Crippen molar-refractivity contribution in [1.29, 1.82) is 0 Å². The van der Waals surface area contributed by atoms with Crippen LogP contribution in [0.3, 0.4) is 0 Å². The average molecular weight is 327 g/mol. The van der Waals surface area contributed by atoms with E-state index in [1.165, 1.54) is 0 Å². The lowest BCUT2D eigenvalue weighted by molar-refractivity contribution is -0.129. The molecule has 2 N–H and O–H groups in total. The van der Waals surface area contributed by atoms with Gasteiger partial charge in [0.05, 0.1) is 0 Å². The molecule has 1 aliphatic rings. The molecular weight excluding hydrogens is 310 g/mol. The Morgan fingerprint density at radius 3 is 2.50 bits per heavy atom. The highest BCUT2D eigenvalue weighted by molar-refractivity contribution is 5.96. The molecule has 0 radical (unpaired) electrons. The molecule has 2 heterocycles. The molecule has 2 amide bonds. The number of ether oxygens (including phenoxy) is 2. The molecular formula is C17H17N3O4. The number of amides is 2. The number of benzene rings is 1. The average Bonchev–Trinajstić information content (AvgIpc) is 3.07. The Bertz CT molecular complexity index is 734. The molecule has 0 atom stereocenters. The minimum atomic E-state index is -0.337. The molecule has 0 spiro atoms. The third-order valence-electron chi connectivity index (χ3n) is 3.46. The highest BCUT2D eigenvalue weighted by Crippen LogP contribution is 2.32. The van der Waals surface area contributed by atoms with Crippen LogP contribution in [-0.4, -0.2) is 23.6 Å². The van der Waals surface area contributed by atoms with Crippen molar-refractivity contribution in [1.82, 2.24) is 15.6 Å². The van der Waals surface area contributed by atoms with E-state index in [9.17, 15) is 9.59 Å². The third kappa shape index (κ3) is 4.22. The van der Waals surface area contributed by atoms with Gasteiger partial charge in [-0.3, -0.25) is 14.6 Å². The van der Waals surface area contributed by atoms with Gasteiger partial charge in [0.1, 0.15) is 6.42 Å². The summed E-state index contributed by atoms with van der Waals surface area (Å²) < 4.78 is 10.5. The first-order chi connectivity index (χ1) is 11.7. The van der Waals surface area contributed by atoms with E-state index in [4.69, 9.17) is 9.47 Å². The van der Waals surface area contributed by atoms with Crippen LogP contribution >= 0.6 is 0 Å². The maximum atomic E-state index is 11.8. The summed E-state index contributed by atoms with van der Waals surface area (Å²) in [7, 11) is 0. The van der Waals surface area contributed by atoms with E-state index in [2.05, 4.69) is 15.6 Å². The number of rotatable bonds is 6. The van der Waals surface area contributed by atoms with Crippen molar-refractivity contribution in [2.45, 2.75) is 19.5 Å². The van der Waals surface area contributed by atoms with Crippen LogP contribution in [-0.2, 0) is 22.7 Å². The van der Waals surface area contributed by atoms with E-state index in [0.29, 0.717) is 24.6 Å². The van der Waals surface area contributed by atoms with Gasteiger partial charge in [-0.15, -0.1) is 0 Å². The maximum absolute atomic E-state index is 11.8. The monoisotopic (exact) mass is 327 g/mol. The van der Waals surface area contributed by atoms with Crippen LogP contribution in [0.4, 0.5) is 0 Å². The summed E-state index contributed by atoms with van der Waals surface area (Å²) in [4.78, 5) is 27.6. The number of carbonyl (C=O) groups is 2. The smallest absolute Gasteiger partial charge is 0.231 e. The summed E-state index contributed by atoms with van der Waals surface area (Å²) in [6.45, 7) is 0.885. The van der Waals surface area contributed by atoms with Crippen molar-refractivity contribution in [2.75, 3.05) is 6.79 Å². The van der Waals surface area contributed by atoms with E-state index < -0.39 is 0 Å². The van der Waals surface area contributed by atoms with Gasteiger partial charge in [-0.05, 0) is 29.3 Å². The van der Waals surface area contributed by atoms with Gasteiger partial charge in [-0.2, -0.15) is 0 Å². The van der Waals surface area contributed by atoms with Gasteiger partial charge in [-0.1, -0.05) is 12.1 Å². The standard InChI is InChI=1S/C17H17N3O4/c21-16(7-17(22)20-10-13-2-1-5-18-8-13)19-9-12-3-4-14-15(6-12)24-11-23-14/h1-6,8H,7,9-11H2,(H,19,21)(H,20,22). The molecule has 3 rings (SSSR count). The van der Waals surface area contributed by atoms with Crippen LogP contribution in [0, 0.1) is 0 Å². The van der Waals surface area contributed by atoms with Gasteiger partial charge in [0, 0.05) is 25.5 Å². The fourth-order valence-corrected chi connectivity index (χ4v) is 2.23. The number of nitrogens with zero attached hydrogens (tertiary/aromatic N) is 1. The summed E-state index contributed by atoms with van der Waals surface area (Å²) in [5, 5.41) is 5.40. The lowest BCUT2D eigenvalue weighted by Crippen LogP contribution is -2.31. The molecule has 0 saturated heterocycles. The molecule has 7 nitrogen and oxygen atoms in total. The molecule has 0 bridgehead atoms. The summed E-state index contributed by atoms with van der Waals surface area (Å²) in [5.41, 5.74) is 1.76. The Hall–Kier alpha value is -3.09. The Kier molecular flexibility index (Phi) is 4.90. The minimum absolute atomic E-state index is 0.211. The van der Waals surface area contributed by atoms with Crippen molar-refractivity contribution < 1.29 is 19.1 Å². The van der Waals surface area contributed by atoms with Gasteiger partial charge in [0.15, 0.2) is 11.5 Å². The van der Waals surface area contributed by atoms with Gasteiger partial charge >= 0.3 is 0 Å². The lowest BCUT2D eigenvalue weighted by atomic mass is 10.2. The number of hydrogen-bond acceptors (Lipinski definition) is 5. The SMILES string of the molecule is O=C(CC(=O)NCc1ccc2c(c1)OCO2)NCc1cccnc1. The third-order valence-corrected chi connectivity index (χ3v) is 3.46. The number of fused-ring (bicyclic) bond motifs is 1. The van der Waals surface area contributed by atoms with Crippen molar-refractivity contribution in [3.63, 3.8) is 0 Å². The molecule has 0 aliphatic carbocycles. The van der Waals surface area contributed by atoms with Gasteiger partial charge in [0.2, 0.25) is 18.6 Å². The molecule has 24 heavy (non-hydrogen) atoms. The fourth-order valence-electron chi connectivity index (χ4n) is 2.23. The Morgan fingerprint density at radius 1 is 1.00 bits per heavy atom. The lowest BCUT2D eigenvalue weighted by Gasteiger charge is -2.07. The molecule has 0 saturated carbocycles. The Balaban J connectivity index is 1.41. The number of carbonyl (C=O) groups excluding carboxylic acids is 2. The van der Waals surface area contributed by atoms with Crippen molar-refractivity contribution >= 4 is 11.8 Å². The molecule has 2 aromatic rings. The zero-order chi connectivity index (χ0) is 16.8. The molecule has 7 heteroatoms. The second-order valence-electron chi connectivity index (χ2n) is 5.28. The van der Waals surface area contributed by atoms with Crippen LogP contribution in [0.2, 0.25) is 0 Å². The largest absolute Gasteiger partial charge is 0.454 e. The van der Waals surface area contributed by atoms with Crippen LogP contribution < -0.4 is 20.1 Å². The predicted molar refractivity (Wildman–Crippen MR) is 85.1 cm³/mol. The first-order valence-corrected chi connectivity index (χ1v) is 7.51. The van der Waals surface area contributed by atoms with E-state index in [0.717, 1.165) is 11.1 Å². The summed E-state index contributed by atoms with van der Waals surface area (Å²) in [6, 6.07) is 9.10. The van der Waals surface area contributed by atoms with E-state index in [1.807, 2.05) is 18.2 Å². The van der Waals surface area contributed by atoms with Gasteiger partial charge in [0.25, 0.3) is 0 Å². The van der Waals surface area contributed by atoms with Crippen LogP contribution in [0.25, 0.3) is 0 Å². The maximum Gasteiger partial charge on any atom is 0.231 e. The Morgan fingerprint density at radius 2 is 1.75 bits per heavy atom. The zero-order valence-corrected chi connectivity index (χ0v) is 13.0. The minimum Gasteiger partial charge on any atom is -0.454 e. The molecule has 1 aromatic carbocycles. The fraction of sp³-hybridized carbons (Fsp3) is 0.235. The van der Waals surface area contributed by atoms with E-state index in [-0.39, 0.29) is 25.0 Å². The Labute approximate surface area is 139 Å². The molecule has 0 fully saturated rings. The second kappa shape index (κ2) is 7.45. The highest BCUT2D eigenvalue weighted by atomic mass is 16.7. The van der Waals surface area contributed by atoms with Crippen LogP contribution in [0.1, 0.15) is 17.5 Å². The van der Waals surface area contributed by atoms with Crippen molar-refractivity contribution in [2.24, 2.45) is 0 Å². The number of aromatic nitrogens is 1. The summed E-state index contributed by atoms with van der Waals surface area (Å²) in [5.74, 6) is 0.689. The molecule has 1 aliphatic heterocycles. The zero-order valence-electron chi connectivity index (χ0n) is 13.0. The summed E-state index contributed by atoms with van der Waals surface area (Å²) >= 11 is 0. The van der Waals surface area contributed by atoms with E-state index in [1.54, 1.807) is 24.5 Å². The molecule has 1 aromatic heterocycles. The number of pyridine rings is 1.